The Morgan fingerprint density at radius 1 is 1.17 bits per heavy atom. The highest BCUT2D eigenvalue weighted by atomic mass is 16.2. The molecule has 2 heterocycles. The van der Waals surface area contributed by atoms with Crippen LogP contribution >= 0.6 is 0 Å². The molecule has 0 radical (unpaired) electrons. The summed E-state index contributed by atoms with van der Waals surface area (Å²) < 4.78 is 1.97. The Hall–Kier alpha value is -2.17. The summed E-state index contributed by atoms with van der Waals surface area (Å²) in [5.74, 6) is 0.882. The average Bonchev–Trinajstić information content (AvgIpc) is 3.12. The van der Waals surface area contributed by atoms with Crippen molar-refractivity contribution in [3.05, 3.63) is 47.8 Å². The van der Waals surface area contributed by atoms with E-state index < -0.39 is 0 Å². The van der Waals surface area contributed by atoms with Crippen molar-refractivity contribution in [2.75, 3.05) is 13.1 Å². The number of hydrogen-bond acceptors (Lipinski definition) is 3. The van der Waals surface area contributed by atoms with Gasteiger partial charge in [-0.1, -0.05) is 35.5 Å². The van der Waals surface area contributed by atoms with Crippen LogP contribution in [0.15, 0.2) is 36.5 Å². The van der Waals surface area contributed by atoms with E-state index in [9.17, 15) is 4.79 Å². The molecule has 2 aliphatic rings. The molecule has 0 spiro atoms. The van der Waals surface area contributed by atoms with E-state index in [1.807, 2.05) is 27.8 Å². The molecular weight excluding hydrogens is 288 g/mol. The number of hydrogen-bond donors (Lipinski definition) is 0. The van der Waals surface area contributed by atoms with Gasteiger partial charge in [0.05, 0.1) is 11.7 Å². The fraction of sp³-hybridized carbons (Fsp3) is 0.500. The van der Waals surface area contributed by atoms with E-state index in [-0.39, 0.29) is 11.9 Å². The first-order chi connectivity index (χ1) is 11.3. The van der Waals surface area contributed by atoms with E-state index in [0.29, 0.717) is 12.3 Å². The summed E-state index contributed by atoms with van der Waals surface area (Å²) in [6.07, 6.45) is 6.95. The average molecular weight is 310 g/mol. The van der Waals surface area contributed by atoms with E-state index in [2.05, 4.69) is 28.6 Å². The molecular formula is C18H22N4O. The Bertz CT molecular complexity index is 677. The highest BCUT2D eigenvalue weighted by Gasteiger charge is 2.30. The van der Waals surface area contributed by atoms with Gasteiger partial charge in [0.25, 0.3) is 0 Å². The van der Waals surface area contributed by atoms with E-state index in [4.69, 9.17) is 0 Å². The molecule has 1 saturated heterocycles. The maximum absolute atomic E-state index is 12.4. The van der Waals surface area contributed by atoms with Crippen molar-refractivity contribution in [1.29, 1.82) is 0 Å². The van der Waals surface area contributed by atoms with Crippen LogP contribution in [0.5, 0.6) is 0 Å². The third-order valence-corrected chi connectivity index (χ3v) is 4.88. The number of carbonyl (C=O) groups excluding carboxylic acids is 1. The molecule has 1 aliphatic heterocycles. The van der Waals surface area contributed by atoms with Crippen LogP contribution in [0.2, 0.25) is 0 Å². The second-order valence-corrected chi connectivity index (χ2v) is 6.67. The summed E-state index contributed by atoms with van der Waals surface area (Å²) in [4.78, 5) is 14.4. The van der Waals surface area contributed by atoms with Crippen molar-refractivity contribution in [2.45, 2.75) is 44.1 Å². The van der Waals surface area contributed by atoms with Crippen molar-refractivity contribution < 1.29 is 4.79 Å². The molecule has 1 amide bonds. The fourth-order valence-corrected chi connectivity index (χ4v) is 3.27. The van der Waals surface area contributed by atoms with Crippen LogP contribution in [0, 0.1) is 0 Å². The zero-order chi connectivity index (χ0) is 15.6. The molecule has 1 saturated carbocycles. The number of amides is 1. The highest BCUT2D eigenvalue weighted by molar-refractivity contribution is 5.76. The number of benzene rings is 1. The van der Waals surface area contributed by atoms with Gasteiger partial charge in [0.2, 0.25) is 5.91 Å². The molecule has 1 atom stereocenters. The lowest BCUT2D eigenvalue weighted by Gasteiger charge is -2.16. The van der Waals surface area contributed by atoms with Gasteiger partial charge in [-0.05, 0) is 31.2 Å². The molecule has 5 heteroatoms. The van der Waals surface area contributed by atoms with Crippen molar-refractivity contribution in [1.82, 2.24) is 19.9 Å². The lowest BCUT2D eigenvalue weighted by atomic mass is 10.1. The minimum Gasteiger partial charge on any atom is -0.340 e. The Balaban J connectivity index is 1.31. The van der Waals surface area contributed by atoms with Crippen molar-refractivity contribution >= 4 is 5.91 Å². The zero-order valence-electron chi connectivity index (χ0n) is 13.3. The minimum atomic E-state index is 0.249. The molecule has 0 bridgehead atoms. The Kier molecular flexibility index (Phi) is 3.85. The Morgan fingerprint density at radius 2 is 2.00 bits per heavy atom. The summed E-state index contributed by atoms with van der Waals surface area (Å²) in [6, 6.07) is 10.5. The van der Waals surface area contributed by atoms with Gasteiger partial charge in [0.15, 0.2) is 0 Å². The topological polar surface area (TPSA) is 51.0 Å². The normalized spacial score (nSPS) is 20.9. The lowest BCUT2D eigenvalue weighted by Crippen LogP contribution is -2.29. The Morgan fingerprint density at radius 3 is 2.78 bits per heavy atom. The number of likely N-dealkylation sites (tertiary alicyclic amines) is 1. The van der Waals surface area contributed by atoms with Gasteiger partial charge in [0, 0.05) is 31.6 Å². The van der Waals surface area contributed by atoms with Gasteiger partial charge >= 0.3 is 0 Å². The van der Waals surface area contributed by atoms with Crippen LogP contribution < -0.4 is 0 Å². The molecule has 4 rings (SSSR count). The number of rotatable bonds is 5. The van der Waals surface area contributed by atoms with Crippen LogP contribution in [0.3, 0.4) is 0 Å². The predicted molar refractivity (Wildman–Crippen MR) is 87.0 cm³/mol. The minimum absolute atomic E-state index is 0.249. The first-order valence-electron chi connectivity index (χ1n) is 8.53. The second kappa shape index (κ2) is 6.14. The van der Waals surface area contributed by atoms with E-state index in [1.165, 1.54) is 18.4 Å². The molecule has 0 N–H and O–H groups in total. The summed E-state index contributed by atoms with van der Waals surface area (Å²) in [6.45, 7) is 1.60. The van der Waals surface area contributed by atoms with Gasteiger partial charge in [-0.2, -0.15) is 0 Å². The first-order valence-corrected chi connectivity index (χ1v) is 8.53. The van der Waals surface area contributed by atoms with Crippen LogP contribution in [-0.4, -0.2) is 38.9 Å². The largest absolute Gasteiger partial charge is 0.340 e. The molecule has 5 nitrogen and oxygen atoms in total. The summed E-state index contributed by atoms with van der Waals surface area (Å²) in [7, 11) is 0. The highest BCUT2D eigenvalue weighted by Crippen LogP contribution is 2.39. The molecule has 1 aliphatic carbocycles. The molecule has 1 aromatic heterocycles. The van der Waals surface area contributed by atoms with Crippen molar-refractivity contribution in [2.24, 2.45) is 0 Å². The maximum Gasteiger partial charge on any atom is 0.222 e. The van der Waals surface area contributed by atoms with Crippen molar-refractivity contribution in [3.63, 3.8) is 0 Å². The van der Waals surface area contributed by atoms with E-state index in [0.717, 1.165) is 31.6 Å². The molecule has 1 aromatic carbocycles. The fourth-order valence-electron chi connectivity index (χ4n) is 3.27. The van der Waals surface area contributed by atoms with E-state index in [1.54, 1.807) is 0 Å². The van der Waals surface area contributed by atoms with Gasteiger partial charge < -0.3 is 4.90 Å². The third kappa shape index (κ3) is 3.28. The van der Waals surface area contributed by atoms with E-state index >= 15 is 0 Å². The van der Waals surface area contributed by atoms with Gasteiger partial charge in [-0.3, -0.25) is 4.79 Å². The summed E-state index contributed by atoms with van der Waals surface area (Å²) in [5, 5.41) is 8.55. The molecule has 2 fully saturated rings. The smallest absolute Gasteiger partial charge is 0.222 e. The number of aryl methyl sites for hydroxylation is 1. The quantitative estimate of drug-likeness (QED) is 0.853. The monoisotopic (exact) mass is 310 g/mol. The summed E-state index contributed by atoms with van der Waals surface area (Å²) in [5.41, 5.74) is 2.35. The summed E-state index contributed by atoms with van der Waals surface area (Å²) >= 11 is 0. The lowest BCUT2D eigenvalue weighted by molar-refractivity contribution is -0.130. The van der Waals surface area contributed by atoms with Gasteiger partial charge in [0.1, 0.15) is 0 Å². The maximum atomic E-state index is 12.4. The van der Waals surface area contributed by atoms with Crippen LogP contribution in [0.4, 0.5) is 0 Å². The van der Waals surface area contributed by atoms with Crippen LogP contribution in [0.1, 0.15) is 48.9 Å². The second-order valence-electron chi connectivity index (χ2n) is 6.67. The Labute approximate surface area is 136 Å². The van der Waals surface area contributed by atoms with Crippen LogP contribution in [0.25, 0.3) is 0 Å². The van der Waals surface area contributed by atoms with Crippen molar-refractivity contribution in [3.8, 4) is 0 Å². The standard InChI is InChI=1S/C18H22N4O/c23-18(9-6-14-4-2-1-3-5-14)21-11-10-16(12-21)22-13-17(19-20-22)15-7-8-15/h1-5,13,15-16H,6-12H2. The number of carbonyl (C=O) groups is 1. The SMILES string of the molecule is O=C(CCc1ccccc1)N1CCC(n2cc(C3CC3)nn2)C1. The zero-order valence-corrected chi connectivity index (χ0v) is 13.3. The first kappa shape index (κ1) is 14.4. The number of nitrogens with zero attached hydrogens (tertiary/aromatic N) is 4. The molecule has 120 valence electrons. The van der Waals surface area contributed by atoms with Gasteiger partial charge in [-0.15, -0.1) is 5.10 Å². The molecule has 2 aromatic rings. The number of aromatic nitrogens is 3. The third-order valence-electron chi connectivity index (χ3n) is 4.88. The molecule has 23 heavy (non-hydrogen) atoms. The van der Waals surface area contributed by atoms with Crippen LogP contribution in [-0.2, 0) is 11.2 Å². The molecule has 1 unspecified atom stereocenters. The predicted octanol–water partition coefficient (Wildman–Crippen LogP) is 2.56. The van der Waals surface area contributed by atoms with Gasteiger partial charge in [-0.25, -0.2) is 4.68 Å².